The van der Waals surface area contributed by atoms with Gasteiger partial charge in [0.1, 0.15) is 0 Å². The molecule has 0 aliphatic heterocycles. The minimum Gasteiger partial charge on any atom is -0.0625 e. The second-order valence-electron chi connectivity index (χ2n) is 12.8. The third-order valence-electron chi connectivity index (χ3n) is 9.96. The van der Waals surface area contributed by atoms with Gasteiger partial charge in [-0.25, -0.2) is 0 Å². The molecule has 0 saturated heterocycles. The SMILES string of the molecule is CCc1ccc(-c2ccc(C3CCC(C)CC3)cc2)c(-c2cc(C)ccc2-c2ccc(C3CCCCC3)cc2)c1. The molecule has 206 valence electrons. The topological polar surface area (TPSA) is 0 Å². The summed E-state index contributed by atoms with van der Waals surface area (Å²) in [6.45, 7) is 6.90. The molecule has 4 aromatic carbocycles. The van der Waals surface area contributed by atoms with Crippen LogP contribution >= 0.6 is 0 Å². The summed E-state index contributed by atoms with van der Waals surface area (Å²) >= 11 is 0. The van der Waals surface area contributed by atoms with Crippen molar-refractivity contribution in [3.05, 3.63) is 107 Å². The number of hydrogen-bond donors (Lipinski definition) is 0. The minimum absolute atomic E-state index is 0.729. The van der Waals surface area contributed by atoms with E-state index in [4.69, 9.17) is 0 Å². The van der Waals surface area contributed by atoms with Crippen molar-refractivity contribution in [3.8, 4) is 33.4 Å². The number of rotatable bonds is 6. The molecular weight excluding hydrogens is 480 g/mol. The molecule has 0 bridgehead atoms. The van der Waals surface area contributed by atoms with Crippen LogP contribution in [0.15, 0.2) is 84.9 Å². The summed E-state index contributed by atoms with van der Waals surface area (Å²) < 4.78 is 0. The van der Waals surface area contributed by atoms with Crippen molar-refractivity contribution in [1.29, 1.82) is 0 Å². The van der Waals surface area contributed by atoms with Crippen molar-refractivity contribution in [3.63, 3.8) is 0 Å². The lowest BCUT2D eigenvalue weighted by atomic mass is 9.79. The average molecular weight is 527 g/mol. The Kier molecular flexibility index (Phi) is 8.24. The molecule has 2 aliphatic rings. The summed E-state index contributed by atoms with van der Waals surface area (Å²) in [5.41, 5.74) is 13.8. The maximum atomic E-state index is 2.44. The molecule has 4 aromatic rings. The van der Waals surface area contributed by atoms with Gasteiger partial charge in [-0.2, -0.15) is 0 Å². The van der Waals surface area contributed by atoms with Gasteiger partial charge < -0.3 is 0 Å². The van der Waals surface area contributed by atoms with Gasteiger partial charge in [-0.05, 0) is 107 Å². The predicted octanol–water partition coefficient (Wildman–Crippen LogP) is 11.9. The number of benzene rings is 4. The van der Waals surface area contributed by atoms with Crippen LogP contribution in [0.5, 0.6) is 0 Å². The molecule has 2 fully saturated rings. The summed E-state index contributed by atoms with van der Waals surface area (Å²) in [5.74, 6) is 2.36. The molecule has 0 atom stereocenters. The van der Waals surface area contributed by atoms with Crippen LogP contribution < -0.4 is 0 Å². The van der Waals surface area contributed by atoms with E-state index in [2.05, 4.69) is 106 Å². The first-order valence-electron chi connectivity index (χ1n) is 16.0. The molecule has 2 saturated carbocycles. The Morgan fingerprint density at radius 2 is 1.05 bits per heavy atom. The molecule has 0 nitrogen and oxygen atoms in total. The lowest BCUT2D eigenvalue weighted by Crippen LogP contribution is -2.10. The van der Waals surface area contributed by atoms with Gasteiger partial charge in [0.2, 0.25) is 0 Å². The number of hydrogen-bond acceptors (Lipinski definition) is 0. The molecule has 6 rings (SSSR count). The van der Waals surface area contributed by atoms with Crippen molar-refractivity contribution in [2.75, 3.05) is 0 Å². The van der Waals surface area contributed by atoms with Crippen LogP contribution in [0.1, 0.15) is 106 Å². The Morgan fingerprint density at radius 3 is 1.62 bits per heavy atom. The highest BCUT2D eigenvalue weighted by Gasteiger charge is 2.21. The normalized spacial score (nSPS) is 20.0. The maximum absolute atomic E-state index is 2.44. The van der Waals surface area contributed by atoms with Crippen molar-refractivity contribution in [2.45, 2.75) is 96.8 Å². The third kappa shape index (κ3) is 5.83. The third-order valence-corrected chi connectivity index (χ3v) is 9.96. The zero-order chi connectivity index (χ0) is 27.5. The zero-order valence-electron chi connectivity index (χ0n) is 24.9. The second kappa shape index (κ2) is 12.2. The lowest BCUT2D eigenvalue weighted by Gasteiger charge is -2.26. The van der Waals surface area contributed by atoms with Gasteiger partial charge >= 0.3 is 0 Å². The first kappa shape index (κ1) is 27.1. The van der Waals surface area contributed by atoms with E-state index in [0.29, 0.717) is 0 Å². The van der Waals surface area contributed by atoms with Crippen molar-refractivity contribution >= 4 is 0 Å². The fraction of sp³-hybridized carbons (Fsp3) is 0.400. The van der Waals surface area contributed by atoms with E-state index in [1.54, 1.807) is 0 Å². The van der Waals surface area contributed by atoms with Crippen LogP contribution in [-0.4, -0.2) is 0 Å². The molecule has 0 aromatic heterocycles. The Bertz CT molecular complexity index is 1410. The molecular formula is C40H46. The first-order valence-corrected chi connectivity index (χ1v) is 16.0. The molecule has 0 spiro atoms. The highest BCUT2D eigenvalue weighted by Crippen LogP contribution is 2.42. The summed E-state index contributed by atoms with van der Waals surface area (Å²) in [7, 11) is 0. The fourth-order valence-electron chi connectivity index (χ4n) is 7.32. The molecule has 0 N–H and O–H groups in total. The van der Waals surface area contributed by atoms with Gasteiger partial charge in [-0.3, -0.25) is 0 Å². The molecule has 2 aliphatic carbocycles. The molecule has 0 amide bonds. The molecule has 40 heavy (non-hydrogen) atoms. The van der Waals surface area contributed by atoms with Gasteiger partial charge in [0, 0.05) is 0 Å². The lowest BCUT2D eigenvalue weighted by molar-refractivity contribution is 0.348. The standard InChI is InChI=1S/C40H46/c1-4-30-13-25-38(36-22-18-34(19-23-36)32-14-10-28(2)11-15-32)40(27-30)39-26-29(3)12-24-37(39)35-20-16-33(17-21-35)31-8-6-5-7-9-31/h12-13,16-28,31-32H,4-11,14-15H2,1-3H3. The largest absolute Gasteiger partial charge is 0.0625 e. The van der Waals surface area contributed by atoms with E-state index in [-0.39, 0.29) is 0 Å². The highest BCUT2D eigenvalue weighted by molar-refractivity contribution is 5.92. The van der Waals surface area contributed by atoms with Crippen LogP contribution in [0.3, 0.4) is 0 Å². The summed E-state index contributed by atoms with van der Waals surface area (Å²) in [6.07, 6.45) is 13.3. The predicted molar refractivity (Wildman–Crippen MR) is 173 cm³/mol. The zero-order valence-corrected chi connectivity index (χ0v) is 24.9. The molecule has 0 unspecified atom stereocenters. The summed E-state index contributed by atoms with van der Waals surface area (Å²) in [6, 6.07) is 33.3. The van der Waals surface area contributed by atoms with Gasteiger partial charge in [0.25, 0.3) is 0 Å². The Balaban J connectivity index is 1.37. The van der Waals surface area contributed by atoms with Gasteiger partial charge in [0.15, 0.2) is 0 Å². The molecule has 0 radical (unpaired) electrons. The van der Waals surface area contributed by atoms with Crippen LogP contribution in [0.25, 0.3) is 33.4 Å². The van der Waals surface area contributed by atoms with Crippen LogP contribution in [-0.2, 0) is 6.42 Å². The van der Waals surface area contributed by atoms with E-state index >= 15 is 0 Å². The van der Waals surface area contributed by atoms with Crippen molar-refractivity contribution < 1.29 is 0 Å². The van der Waals surface area contributed by atoms with E-state index in [1.165, 1.54) is 113 Å². The van der Waals surface area contributed by atoms with Gasteiger partial charge in [0.05, 0.1) is 0 Å². The summed E-state index contributed by atoms with van der Waals surface area (Å²) in [5, 5.41) is 0. The van der Waals surface area contributed by atoms with Gasteiger partial charge in [-0.1, -0.05) is 136 Å². The molecule has 0 heterocycles. The van der Waals surface area contributed by atoms with E-state index < -0.39 is 0 Å². The Morgan fingerprint density at radius 1 is 0.525 bits per heavy atom. The van der Waals surface area contributed by atoms with Gasteiger partial charge in [-0.15, -0.1) is 0 Å². The molecule has 0 heteroatoms. The van der Waals surface area contributed by atoms with E-state index in [0.717, 1.165) is 24.2 Å². The Hall–Kier alpha value is -3.12. The van der Waals surface area contributed by atoms with Crippen molar-refractivity contribution in [1.82, 2.24) is 0 Å². The minimum atomic E-state index is 0.729. The average Bonchev–Trinajstić information content (AvgIpc) is 3.02. The monoisotopic (exact) mass is 526 g/mol. The van der Waals surface area contributed by atoms with Crippen LogP contribution in [0.4, 0.5) is 0 Å². The Labute approximate surface area is 242 Å². The fourth-order valence-corrected chi connectivity index (χ4v) is 7.32. The quantitative estimate of drug-likeness (QED) is 0.234. The highest BCUT2D eigenvalue weighted by atomic mass is 14.3. The van der Waals surface area contributed by atoms with Crippen molar-refractivity contribution in [2.24, 2.45) is 5.92 Å². The second-order valence-corrected chi connectivity index (χ2v) is 12.8. The number of aryl methyl sites for hydroxylation is 2. The van der Waals surface area contributed by atoms with E-state index in [9.17, 15) is 0 Å². The van der Waals surface area contributed by atoms with Crippen LogP contribution in [0, 0.1) is 12.8 Å². The maximum Gasteiger partial charge on any atom is -0.00963 e. The smallest absolute Gasteiger partial charge is 0.00963 e. The van der Waals surface area contributed by atoms with E-state index in [1.807, 2.05) is 0 Å². The van der Waals surface area contributed by atoms with Crippen LogP contribution in [0.2, 0.25) is 0 Å². The first-order chi connectivity index (χ1) is 19.6. The summed E-state index contributed by atoms with van der Waals surface area (Å²) in [4.78, 5) is 0.